The van der Waals surface area contributed by atoms with Crippen LogP contribution in [-0.2, 0) is 0 Å². The molecular weight excluding hydrogens is 297 g/mol. The molecule has 6 heteroatoms. The number of amides is 1. The summed E-state index contributed by atoms with van der Waals surface area (Å²) >= 11 is 0. The van der Waals surface area contributed by atoms with Gasteiger partial charge in [-0.25, -0.2) is 4.98 Å². The molecule has 3 aliphatic rings. The third-order valence-electron chi connectivity index (χ3n) is 5.48. The van der Waals surface area contributed by atoms with Crippen LogP contribution < -0.4 is 5.32 Å². The van der Waals surface area contributed by atoms with Crippen LogP contribution >= 0.6 is 0 Å². The van der Waals surface area contributed by atoms with Gasteiger partial charge in [0.1, 0.15) is 5.69 Å². The van der Waals surface area contributed by atoms with E-state index in [1.165, 1.54) is 12.3 Å². The Kier molecular flexibility index (Phi) is 3.20. The molecule has 122 valence electrons. The highest BCUT2D eigenvalue weighted by Gasteiger charge is 2.48. The number of halogens is 1. The number of pyridine rings is 1. The Morgan fingerprint density at radius 2 is 2.13 bits per heavy atom. The number of rotatable bonds is 2. The summed E-state index contributed by atoms with van der Waals surface area (Å²) < 4.78 is 18.0. The third-order valence-corrected chi connectivity index (χ3v) is 5.48. The van der Waals surface area contributed by atoms with Crippen LogP contribution in [0.5, 0.6) is 0 Å². The van der Waals surface area contributed by atoms with E-state index < -0.39 is 6.01 Å². The summed E-state index contributed by atoms with van der Waals surface area (Å²) in [6, 6.07) is 2.28. The molecule has 0 aliphatic carbocycles. The summed E-state index contributed by atoms with van der Waals surface area (Å²) in [5.41, 5.74) is 0.593. The van der Waals surface area contributed by atoms with E-state index in [2.05, 4.69) is 29.0 Å². The predicted octanol–water partition coefficient (Wildman–Crippen LogP) is 2.57. The van der Waals surface area contributed by atoms with Crippen molar-refractivity contribution in [3.05, 3.63) is 30.0 Å². The number of fused-ring (bicyclic) bond motifs is 4. The molecule has 3 fully saturated rings. The number of nitrogens with zero attached hydrogens (tertiary/aromatic N) is 2. The molecule has 2 bridgehead atoms. The molecule has 1 amide bonds. The maximum Gasteiger partial charge on any atom is 0.278 e. The molecule has 0 spiro atoms. The van der Waals surface area contributed by atoms with Gasteiger partial charge in [0.05, 0.1) is 6.20 Å². The van der Waals surface area contributed by atoms with Crippen molar-refractivity contribution in [2.45, 2.75) is 38.3 Å². The minimum Gasteiger partial charge on any atom is -0.429 e. The van der Waals surface area contributed by atoms with E-state index in [1.54, 1.807) is 6.07 Å². The minimum atomic E-state index is -0.669. The van der Waals surface area contributed by atoms with E-state index >= 15 is 0 Å². The molecular formula is C17H20FN3O2. The molecule has 5 heterocycles. The smallest absolute Gasteiger partial charge is 0.278 e. The fraction of sp³-hybridized carbons (Fsp3) is 0.529. The van der Waals surface area contributed by atoms with Gasteiger partial charge < -0.3 is 9.73 Å². The van der Waals surface area contributed by atoms with Crippen molar-refractivity contribution in [1.29, 1.82) is 0 Å². The second-order valence-corrected chi connectivity index (χ2v) is 7.09. The molecule has 0 unspecified atom stereocenters. The Morgan fingerprint density at radius 1 is 1.39 bits per heavy atom. The summed E-state index contributed by atoms with van der Waals surface area (Å²) in [5, 5.41) is 3.71. The summed E-state index contributed by atoms with van der Waals surface area (Å²) in [6.45, 7) is 6.57. The lowest BCUT2D eigenvalue weighted by Gasteiger charge is -2.56. The highest BCUT2D eigenvalue weighted by Crippen LogP contribution is 2.39. The van der Waals surface area contributed by atoms with E-state index in [0.717, 1.165) is 25.9 Å². The van der Waals surface area contributed by atoms with Gasteiger partial charge in [-0.1, -0.05) is 0 Å². The molecule has 2 aromatic rings. The number of piperidine rings is 3. The van der Waals surface area contributed by atoms with Gasteiger partial charge in [-0.05, 0) is 51.8 Å². The molecule has 5 nitrogen and oxygen atoms in total. The second-order valence-electron chi connectivity index (χ2n) is 7.09. The topological polar surface area (TPSA) is 58.4 Å². The quantitative estimate of drug-likeness (QED) is 0.925. The van der Waals surface area contributed by atoms with Crippen LogP contribution in [-0.4, -0.2) is 40.5 Å². The van der Waals surface area contributed by atoms with Crippen molar-refractivity contribution < 1.29 is 13.6 Å². The maximum absolute atomic E-state index is 13.1. The van der Waals surface area contributed by atoms with Gasteiger partial charge >= 0.3 is 0 Å². The molecule has 2 aromatic heterocycles. The first-order valence-corrected chi connectivity index (χ1v) is 8.06. The Bertz CT molecular complexity index is 762. The summed E-state index contributed by atoms with van der Waals surface area (Å²) in [6.07, 6.45) is 3.64. The summed E-state index contributed by atoms with van der Waals surface area (Å²) in [4.78, 5) is 19.2. The number of nitrogens with one attached hydrogen (secondary N) is 1. The SMILES string of the molecule is CC1(C)[C@@H](NC(=O)c2cc3cc(F)oc3cn2)C2CCN1CC2. The largest absolute Gasteiger partial charge is 0.429 e. The average Bonchev–Trinajstić information content (AvgIpc) is 2.90. The fourth-order valence-electron chi connectivity index (χ4n) is 4.13. The summed E-state index contributed by atoms with van der Waals surface area (Å²) in [5.74, 6) is 0.300. The van der Waals surface area contributed by atoms with E-state index in [0.29, 0.717) is 22.6 Å². The first-order chi connectivity index (χ1) is 10.9. The van der Waals surface area contributed by atoms with Crippen molar-refractivity contribution >= 4 is 16.9 Å². The van der Waals surface area contributed by atoms with Gasteiger partial charge in [0.25, 0.3) is 11.9 Å². The molecule has 3 saturated heterocycles. The molecule has 0 saturated carbocycles. The van der Waals surface area contributed by atoms with Crippen LogP contribution in [0.25, 0.3) is 11.0 Å². The van der Waals surface area contributed by atoms with E-state index in [1.807, 2.05) is 0 Å². The van der Waals surface area contributed by atoms with Crippen molar-refractivity contribution in [3.63, 3.8) is 0 Å². The number of carbonyl (C=O) groups excluding carboxylic acids is 1. The lowest BCUT2D eigenvalue weighted by molar-refractivity contribution is -0.0378. The van der Waals surface area contributed by atoms with Gasteiger partial charge in [0.15, 0.2) is 5.58 Å². The first-order valence-electron chi connectivity index (χ1n) is 8.06. The van der Waals surface area contributed by atoms with E-state index in [4.69, 9.17) is 4.42 Å². The first kappa shape index (κ1) is 14.6. The molecule has 1 atom stereocenters. The van der Waals surface area contributed by atoms with E-state index in [9.17, 15) is 9.18 Å². The molecule has 23 heavy (non-hydrogen) atoms. The normalized spacial score (nSPS) is 28.9. The fourth-order valence-corrected chi connectivity index (χ4v) is 4.13. The molecule has 3 aliphatic heterocycles. The van der Waals surface area contributed by atoms with Crippen LogP contribution in [0.15, 0.2) is 22.7 Å². The number of aromatic nitrogens is 1. The van der Waals surface area contributed by atoms with Crippen molar-refractivity contribution in [2.75, 3.05) is 13.1 Å². The number of furan rings is 1. The zero-order valence-corrected chi connectivity index (χ0v) is 13.3. The van der Waals surface area contributed by atoms with Crippen LogP contribution in [0, 0.1) is 11.9 Å². The van der Waals surface area contributed by atoms with Gasteiger partial charge in [0.2, 0.25) is 0 Å². The Labute approximate surface area is 133 Å². The Morgan fingerprint density at radius 3 is 2.83 bits per heavy atom. The third kappa shape index (κ3) is 2.32. The molecule has 0 aromatic carbocycles. The Balaban J connectivity index is 1.58. The van der Waals surface area contributed by atoms with Crippen LogP contribution in [0.3, 0.4) is 0 Å². The minimum absolute atomic E-state index is 0.0529. The molecule has 5 rings (SSSR count). The van der Waals surface area contributed by atoms with Gasteiger partial charge in [0, 0.05) is 23.0 Å². The second kappa shape index (κ2) is 5.03. The van der Waals surface area contributed by atoms with Crippen molar-refractivity contribution in [2.24, 2.45) is 5.92 Å². The van der Waals surface area contributed by atoms with Crippen molar-refractivity contribution in [1.82, 2.24) is 15.2 Å². The predicted molar refractivity (Wildman–Crippen MR) is 83.6 cm³/mol. The zero-order chi connectivity index (χ0) is 16.2. The lowest BCUT2D eigenvalue weighted by atomic mass is 9.72. The number of hydrogen-bond donors (Lipinski definition) is 1. The molecule has 0 radical (unpaired) electrons. The lowest BCUT2D eigenvalue weighted by Crippen LogP contribution is -2.69. The number of carbonyl (C=O) groups is 1. The summed E-state index contributed by atoms with van der Waals surface area (Å²) in [7, 11) is 0. The van der Waals surface area contributed by atoms with Crippen LogP contribution in [0.2, 0.25) is 0 Å². The maximum atomic E-state index is 13.1. The van der Waals surface area contributed by atoms with Crippen LogP contribution in [0.4, 0.5) is 4.39 Å². The zero-order valence-electron chi connectivity index (χ0n) is 13.3. The van der Waals surface area contributed by atoms with Crippen LogP contribution in [0.1, 0.15) is 37.2 Å². The van der Waals surface area contributed by atoms with Gasteiger partial charge in [-0.3, -0.25) is 9.69 Å². The van der Waals surface area contributed by atoms with Gasteiger partial charge in [-0.15, -0.1) is 0 Å². The highest BCUT2D eigenvalue weighted by atomic mass is 19.1. The average molecular weight is 317 g/mol. The monoisotopic (exact) mass is 317 g/mol. The highest BCUT2D eigenvalue weighted by molar-refractivity contribution is 5.95. The van der Waals surface area contributed by atoms with Gasteiger partial charge in [-0.2, -0.15) is 4.39 Å². The van der Waals surface area contributed by atoms with E-state index in [-0.39, 0.29) is 17.5 Å². The Hall–Kier alpha value is -1.95. The standard InChI is InChI=1S/C17H20FN3O2/c1-17(2)15(10-3-5-21(17)6-4-10)20-16(22)12-7-11-8-14(18)23-13(11)9-19-12/h7-10,15H,3-6H2,1-2H3,(H,20,22)/t15-/m0/s1. The van der Waals surface area contributed by atoms with Crippen molar-refractivity contribution in [3.8, 4) is 0 Å². The number of hydrogen-bond acceptors (Lipinski definition) is 4. The molecule has 1 N–H and O–H groups in total.